The molecule has 0 fully saturated rings. The molecular formula is C13H17N3S. The summed E-state index contributed by atoms with van der Waals surface area (Å²) in [5.74, 6) is 0.930. The van der Waals surface area contributed by atoms with Crippen molar-refractivity contribution in [3.05, 3.63) is 46.9 Å². The minimum Gasteiger partial charge on any atom is -0.355 e. The standard InChI is InChI=1S/C13H17N3S/c1-3-8-16-10-11(2)15-13(16)14-7-6-12-5-4-9-17-12/h3-5,9-10H,1,6-8H2,2H3,(H,14,15). The molecule has 0 aliphatic carbocycles. The summed E-state index contributed by atoms with van der Waals surface area (Å²) in [7, 11) is 0. The highest BCUT2D eigenvalue weighted by molar-refractivity contribution is 7.09. The topological polar surface area (TPSA) is 29.9 Å². The summed E-state index contributed by atoms with van der Waals surface area (Å²) in [6.45, 7) is 7.46. The Balaban J connectivity index is 1.91. The number of hydrogen-bond donors (Lipinski definition) is 1. The number of thiophene rings is 1. The number of nitrogens with zero attached hydrogens (tertiary/aromatic N) is 2. The van der Waals surface area contributed by atoms with E-state index in [0.29, 0.717) is 0 Å². The molecule has 90 valence electrons. The highest BCUT2D eigenvalue weighted by Gasteiger charge is 2.03. The second kappa shape index (κ2) is 5.68. The molecule has 0 atom stereocenters. The van der Waals surface area contributed by atoms with Gasteiger partial charge >= 0.3 is 0 Å². The molecule has 4 heteroatoms. The first-order valence-electron chi connectivity index (χ1n) is 5.70. The van der Waals surface area contributed by atoms with Crippen LogP contribution in [0.5, 0.6) is 0 Å². The Kier molecular flexibility index (Phi) is 3.98. The van der Waals surface area contributed by atoms with Crippen LogP contribution in [0.1, 0.15) is 10.6 Å². The van der Waals surface area contributed by atoms with E-state index in [2.05, 4.69) is 39.0 Å². The fourth-order valence-electron chi connectivity index (χ4n) is 1.72. The maximum atomic E-state index is 4.46. The van der Waals surface area contributed by atoms with Crippen molar-refractivity contribution in [2.75, 3.05) is 11.9 Å². The lowest BCUT2D eigenvalue weighted by Gasteiger charge is -2.06. The molecule has 2 aromatic heterocycles. The van der Waals surface area contributed by atoms with Gasteiger partial charge in [-0.25, -0.2) is 4.98 Å². The number of nitrogens with one attached hydrogen (secondary N) is 1. The Hall–Kier alpha value is -1.55. The Morgan fingerprint density at radius 3 is 3.18 bits per heavy atom. The molecule has 0 radical (unpaired) electrons. The van der Waals surface area contributed by atoms with E-state index in [9.17, 15) is 0 Å². The third kappa shape index (κ3) is 3.20. The summed E-state index contributed by atoms with van der Waals surface area (Å²) < 4.78 is 2.08. The van der Waals surface area contributed by atoms with E-state index < -0.39 is 0 Å². The van der Waals surface area contributed by atoms with Gasteiger partial charge in [0.05, 0.1) is 5.69 Å². The minimum absolute atomic E-state index is 0.794. The van der Waals surface area contributed by atoms with Gasteiger partial charge < -0.3 is 9.88 Å². The summed E-state index contributed by atoms with van der Waals surface area (Å²) in [5.41, 5.74) is 1.03. The molecule has 2 heterocycles. The summed E-state index contributed by atoms with van der Waals surface area (Å²) >= 11 is 1.79. The van der Waals surface area contributed by atoms with Crippen LogP contribution in [0.15, 0.2) is 36.4 Å². The zero-order valence-electron chi connectivity index (χ0n) is 10.0. The first-order valence-corrected chi connectivity index (χ1v) is 6.58. The van der Waals surface area contributed by atoms with Crippen LogP contribution in [0.25, 0.3) is 0 Å². The molecule has 1 N–H and O–H groups in total. The number of aryl methyl sites for hydroxylation is 1. The molecule has 2 aromatic rings. The molecule has 2 rings (SSSR count). The van der Waals surface area contributed by atoms with E-state index in [0.717, 1.165) is 31.2 Å². The maximum Gasteiger partial charge on any atom is 0.203 e. The average Bonchev–Trinajstić information content (AvgIpc) is 2.90. The van der Waals surface area contributed by atoms with E-state index in [1.54, 1.807) is 11.3 Å². The van der Waals surface area contributed by atoms with Gasteiger partial charge in [0.2, 0.25) is 5.95 Å². The van der Waals surface area contributed by atoms with Crippen molar-refractivity contribution < 1.29 is 0 Å². The highest BCUT2D eigenvalue weighted by Crippen LogP contribution is 2.11. The molecular weight excluding hydrogens is 230 g/mol. The molecule has 0 bridgehead atoms. The van der Waals surface area contributed by atoms with Crippen molar-refractivity contribution in [1.82, 2.24) is 9.55 Å². The number of hydrogen-bond acceptors (Lipinski definition) is 3. The third-order valence-electron chi connectivity index (χ3n) is 2.46. The van der Waals surface area contributed by atoms with Gasteiger partial charge in [-0.2, -0.15) is 0 Å². The van der Waals surface area contributed by atoms with E-state index in [4.69, 9.17) is 0 Å². The average molecular weight is 247 g/mol. The third-order valence-corrected chi connectivity index (χ3v) is 3.39. The zero-order chi connectivity index (χ0) is 12.1. The first kappa shape index (κ1) is 11.9. The van der Waals surface area contributed by atoms with Gasteiger partial charge in [-0.15, -0.1) is 17.9 Å². The SMILES string of the molecule is C=CCn1cc(C)nc1NCCc1cccs1. The Labute approximate surface area is 106 Å². The zero-order valence-corrected chi connectivity index (χ0v) is 10.8. The van der Waals surface area contributed by atoms with E-state index >= 15 is 0 Å². The number of aromatic nitrogens is 2. The molecule has 0 amide bonds. The van der Waals surface area contributed by atoms with Crippen LogP contribution in [0, 0.1) is 6.92 Å². The van der Waals surface area contributed by atoms with E-state index in [-0.39, 0.29) is 0 Å². The normalized spacial score (nSPS) is 10.4. The molecule has 0 aliphatic rings. The molecule has 0 aliphatic heterocycles. The molecule has 0 spiro atoms. The second-order valence-corrected chi connectivity index (χ2v) is 4.94. The summed E-state index contributed by atoms with van der Waals surface area (Å²) in [5, 5.41) is 5.48. The van der Waals surface area contributed by atoms with Crippen LogP contribution in [0.2, 0.25) is 0 Å². The largest absolute Gasteiger partial charge is 0.355 e. The van der Waals surface area contributed by atoms with E-state index in [1.165, 1.54) is 4.88 Å². The molecule has 0 unspecified atom stereocenters. The maximum absolute atomic E-state index is 4.46. The van der Waals surface area contributed by atoms with Crippen molar-refractivity contribution in [3.8, 4) is 0 Å². The summed E-state index contributed by atoms with van der Waals surface area (Å²) in [6, 6.07) is 4.25. The first-order chi connectivity index (χ1) is 8.29. The van der Waals surface area contributed by atoms with Gasteiger partial charge in [-0.3, -0.25) is 0 Å². The fraction of sp³-hybridized carbons (Fsp3) is 0.308. The highest BCUT2D eigenvalue weighted by atomic mass is 32.1. The number of rotatable bonds is 6. The Morgan fingerprint density at radius 2 is 2.47 bits per heavy atom. The second-order valence-electron chi connectivity index (χ2n) is 3.90. The van der Waals surface area contributed by atoms with Crippen LogP contribution in [-0.2, 0) is 13.0 Å². The fourth-order valence-corrected chi connectivity index (χ4v) is 2.43. The van der Waals surface area contributed by atoms with Crippen molar-refractivity contribution in [3.63, 3.8) is 0 Å². The molecule has 0 saturated heterocycles. The minimum atomic E-state index is 0.794. The molecule has 3 nitrogen and oxygen atoms in total. The number of imidazole rings is 1. The van der Waals surface area contributed by atoms with Crippen LogP contribution in [-0.4, -0.2) is 16.1 Å². The predicted molar refractivity (Wildman–Crippen MR) is 73.7 cm³/mol. The van der Waals surface area contributed by atoms with Gasteiger partial charge in [0.25, 0.3) is 0 Å². The predicted octanol–water partition coefficient (Wildman–Crippen LogP) is 3.09. The van der Waals surface area contributed by atoms with Crippen LogP contribution in [0.3, 0.4) is 0 Å². The van der Waals surface area contributed by atoms with Gasteiger partial charge in [-0.1, -0.05) is 12.1 Å². The molecule has 17 heavy (non-hydrogen) atoms. The van der Waals surface area contributed by atoms with Crippen LogP contribution < -0.4 is 5.32 Å². The van der Waals surface area contributed by atoms with Crippen LogP contribution >= 0.6 is 11.3 Å². The summed E-state index contributed by atoms with van der Waals surface area (Å²) in [4.78, 5) is 5.85. The number of anilines is 1. The van der Waals surface area contributed by atoms with Gasteiger partial charge in [0.1, 0.15) is 0 Å². The van der Waals surface area contributed by atoms with Gasteiger partial charge in [0.15, 0.2) is 0 Å². The molecule has 0 saturated carbocycles. The smallest absolute Gasteiger partial charge is 0.203 e. The Morgan fingerprint density at radius 1 is 1.59 bits per heavy atom. The molecule has 0 aromatic carbocycles. The van der Waals surface area contributed by atoms with Crippen molar-refractivity contribution in [1.29, 1.82) is 0 Å². The van der Waals surface area contributed by atoms with Crippen molar-refractivity contribution in [2.45, 2.75) is 19.9 Å². The lowest BCUT2D eigenvalue weighted by molar-refractivity contribution is 0.817. The van der Waals surface area contributed by atoms with Gasteiger partial charge in [-0.05, 0) is 24.8 Å². The van der Waals surface area contributed by atoms with Crippen LogP contribution in [0.4, 0.5) is 5.95 Å². The van der Waals surface area contributed by atoms with Crippen molar-refractivity contribution in [2.24, 2.45) is 0 Å². The van der Waals surface area contributed by atoms with Gasteiger partial charge in [0, 0.05) is 24.2 Å². The lowest BCUT2D eigenvalue weighted by atomic mass is 10.3. The van der Waals surface area contributed by atoms with Crippen molar-refractivity contribution >= 4 is 17.3 Å². The van der Waals surface area contributed by atoms with E-state index in [1.807, 2.05) is 19.2 Å². The Bertz CT molecular complexity index is 471. The lowest BCUT2D eigenvalue weighted by Crippen LogP contribution is -2.09. The quantitative estimate of drug-likeness (QED) is 0.795. The summed E-state index contributed by atoms with van der Waals surface area (Å²) in [6.07, 6.45) is 4.96. The monoisotopic (exact) mass is 247 g/mol. The number of allylic oxidation sites excluding steroid dienone is 1.